The van der Waals surface area contributed by atoms with Crippen LogP contribution in [0.2, 0.25) is 0 Å². The standard InChI is InChI=1S/C13H16O2/c1-3-5-9-13(14)15-12-8-6-7-11(4-2)10-12/h4,6-8,10H,2-3,5,9H2,1H3. The van der Waals surface area contributed by atoms with Gasteiger partial charge >= 0.3 is 5.97 Å². The molecule has 0 aromatic heterocycles. The maximum Gasteiger partial charge on any atom is 0.311 e. The molecule has 0 aliphatic carbocycles. The van der Waals surface area contributed by atoms with Gasteiger partial charge in [-0.25, -0.2) is 0 Å². The number of carbonyl (C=O) groups excluding carboxylic acids is 1. The van der Waals surface area contributed by atoms with Crippen LogP contribution in [0.25, 0.3) is 6.08 Å². The Kier molecular flexibility index (Phi) is 4.61. The van der Waals surface area contributed by atoms with E-state index in [-0.39, 0.29) is 5.97 Å². The zero-order valence-corrected chi connectivity index (χ0v) is 9.03. The third kappa shape index (κ3) is 3.98. The molecule has 0 bridgehead atoms. The van der Waals surface area contributed by atoms with Crippen molar-refractivity contribution in [3.63, 3.8) is 0 Å². The van der Waals surface area contributed by atoms with E-state index in [4.69, 9.17) is 4.74 Å². The Morgan fingerprint density at radius 3 is 3.00 bits per heavy atom. The molecule has 0 spiro atoms. The van der Waals surface area contributed by atoms with Crippen LogP contribution in [0.1, 0.15) is 31.7 Å². The van der Waals surface area contributed by atoms with E-state index in [9.17, 15) is 4.79 Å². The van der Waals surface area contributed by atoms with Gasteiger partial charge in [-0.2, -0.15) is 0 Å². The molecule has 2 heteroatoms. The Labute approximate surface area is 90.6 Å². The first-order chi connectivity index (χ1) is 7.26. The summed E-state index contributed by atoms with van der Waals surface area (Å²) in [5.74, 6) is 0.423. The van der Waals surface area contributed by atoms with E-state index in [1.54, 1.807) is 18.2 Å². The molecule has 1 aromatic carbocycles. The number of unbranched alkanes of at least 4 members (excludes halogenated alkanes) is 1. The van der Waals surface area contributed by atoms with Crippen molar-refractivity contribution < 1.29 is 9.53 Å². The first kappa shape index (κ1) is 11.5. The van der Waals surface area contributed by atoms with Crippen molar-refractivity contribution in [1.82, 2.24) is 0 Å². The summed E-state index contributed by atoms with van der Waals surface area (Å²) >= 11 is 0. The van der Waals surface area contributed by atoms with Gasteiger partial charge in [-0.1, -0.05) is 38.1 Å². The van der Waals surface area contributed by atoms with E-state index in [1.165, 1.54) is 0 Å². The van der Waals surface area contributed by atoms with Gasteiger partial charge in [0.05, 0.1) is 0 Å². The lowest BCUT2D eigenvalue weighted by atomic mass is 10.2. The average molecular weight is 204 g/mol. The van der Waals surface area contributed by atoms with Crippen molar-refractivity contribution in [2.24, 2.45) is 0 Å². The highest BCUT2D eigenvalue weighted by atomic mass is 16.5. The van der Waals surface area contributed by atoms with Crippen molar-refractivity contribution >= 4 is 12.0 Å². The molecule has 0 saturated carbocycles. The molecule has 15 heavy (non-hydrogen) atoms. The molecule has 0 fully saturated rings. The van der Waals surface area contributed by atoms with E-state index < -0.39 is 0 Å². The summed E-state index contributed by atoms with van der Waals surface area (Å²) in [5.41, 5.74) is 0.954. The van der Waals surface area contributed by atoms with E-state index in [0.29, 0.717) is 12.2 Å². The predicted octanol–water partition coefficient (Wildman–Crippen LogP) is 3.43. The molecule has 0 radical (unpaired) electrons. The van der Waals surface area contributed by atoms with Gasteiger partial charge in [-0.15, -0.1) is 0 Å². The summed E-state index contributed by atoms with van der Waals surface area (Å²) in [6.07, 6.45) is 4.08. The smallest absolute Gasteiger partial charge is 0.311 e. The van der Waals surface area contributed by atoms with Gasteiger partial charge in [-0.3, -0.25) is 4.79 Å². The molecule has 1 aromatic rings. The van der Waals surface area contributed by atoms with Crippen molar-refractivity contribution in [3.8, 4) is 5.75 Å². The Balaban J connectivity index is 2.56. The van der Waals surface area contributed by atoms with Crippen molar-refractivity contribution in [2.75, 3.05) is 0 Å². The monoisotopic (exact) mass is 204 g/mol. The Morgan fingerprint density at radius 2 is 2.33 bits per heavy atom. The van der Waals surface area contributed by atoms with Gasteiger partial charge in [-0.05, 0) is 24.1 Å². The lowest BCUT2D eigenvalue weighted by molar-refractivity contribution is -0.134. The summed E-state index contributed by atoms with van der Waals surface area (Å²) in [7, 11) is 0. The van der Waals surface area contributed by atoms with Gasteiger partial charge in [0.2, 0.25) is 0 Å². The van der Waals surface area contributed by atoms with Crippen LogP contribution >= 0.6 is 0 Å². The summed E-state index contributed by atoms with van der Waals surface area (Å²) in [6.45, 7) is 5.71. The second-order valence-electron chi connectivity index (χ2n) is 3.35. The molecule has 0 unspecified atom stereocenters. The number of benzene rings is 1. The van der Waals surface area contributed by atoms with Gasteiger partial charge in [0.1, 0.15) is 5.75 Å². The summed E-state index contributed by atoms with van der Waals surface area (Å²) in [5, 5.41) is 0. The second-order valence-corrected chi connectivity index (χ2v) is 3.35. The van der Waals surface area contributed by atoms with E-state index in [1.807, 2.05) is 19.1 Å². The fraction of sp³-hybridized carbons (Fsp3) is 0.308. The number of carbonyl (C=O) groups is 1. The summed E-state index contributed by atoms with van der Waals surface area (Å²) in [4.78, 5) is 11.3. The molecule has 0 heterocycles. The van der Waals surface area contributed by atoms with Crippen molar-refractivity contribution in [1.29, 1.82) is 0 Å². The Hall–Kier alpha value is -1.57. The Morgan fingerprint density at radius 1 is 1.53 bits per heavy atom. The second kappa shape index (κ2) is 6.02. The van der Waals surface area contributed by atoms with E-state index >= 15 is 0 Å². The number of ether oxygens (including phenoxy) is 1. The molecule has 2 nitrogen and oxygen atoms in total. The largest absolute Gasteiger partial charge is 0.427 e. The molecule has 0 N–H and O–H groups in total. The highest BCUT2D eigenvalue weighted by Crippen LogP contribution is 2.15. The minimum absolute atomic E-state index is 0.168. The van der Waals surface area contributed by atoms with Crippen molar-refractivity contribution in [3.05, 3.63) is 36.4 Å². The zero-order chi connectivity index (χ0) is 11.1. The molecule has 0 amide bonds. The molecule has 0 aliphatic heterocycles. The van der Waals surface area contributed by atoms with Gasteiger partial charge in [0, 0.05) is 6.42 Å². The fourth-order valence-corrected chi connectivity index (χ4v) is 1.21. The summed E-state index contributed by atoms with van der Waals surface area (Å²) < 4.78 is 5.17. The van der Waals surface area contributed by atoms with Crippen LogP contribution in [0.15, 0.2) is 30.8 Å². The lowest BCUT2D eigenvalue weighted by Gasteiger charge is -2.04. The maximum atomic E-state index is 11.3. The lowest BCUT2D eigenvalue weighted by Crippen LogP contribution is -2.07. The van der Waals surface area contributed by atoms with Gasteiger partial charge in [0.15, 0.2) is 0 Å². The zero-order valence-electron chi connectivity index (χ0n) is 9.03. The predicted molar refractivity (Wildman–Crippen MR) is 61.7 cm³/mol. The van der Waals surface area contributed by atoms with Crippen LogP contribution in [0.5, 0.6) is 5.75 Å². The quantitative estimate of drug-likeness (QED) is 0.542. The third-order valence-electron chi connectivity index (χ3n) is 2.06. The average Bonchev–Trinajstić information content (AvgIpc) is 2.26. The van der Waals surface area contributed by atoms with E-state index in [2.05, 4.69) is 6.58 Å². The minimum atomic E-state index is -0.168. The SMILES string of the molecule is C=Cc1cccc(OC(=O)CCCC)c1. The molecular formula is C13H16O2. The van der Waals surface area contributed by atoms with Crippen LogP contribution in [-0.4, -0.2) is 5.97 Å². The first-order valence-electron chi connectivity index (χ1n) is 5.19. The molecule has 80 valence electrons. The number of rotatable bonds is 5. The number of hydrogen-bond donors (Lipinski definition) is 0. The van der Waals surface area contributed by atoms with Gasteiger partial charge < -0.3 is 4.74 Å². The first-order valence-corrected chi connectivity index (χ1v) is 5.19. The van der Waals surface area contributed by atoms with E-state index in [0.717, 1.165) is 18.4 Å². The van der Waals surface area contributed by atoms with Crippen LogP contribution in [-0.2, 0) is 4.79 Å². The van der Waals surface area contributed by atoms with Crippen molar-refractivity contribution in [2.45, 2.75) is 26.2 Å². The molecule has 0 aliphatic rings. The normalized spacial score (nSPS) is 9.67. The molecular weight excluding hydrogens is 188 g/mol. The van der Waals surface area contributed by atoms with Crippen LogP contribution in [0, 0.1) is 0 Å². The highest BCUT2D eigenvalue weighted by molar-refractivity contribution is 5.72. The van der Waals surface area contributed by atoms with Crippen LogP contribution in [0.4, 0.5) is 0 Å². The molecule has 0 saturated heterocycles. The Bertz CT molecular complexity index is 342. The topological polar surface area (TPSA) is 26.3 Å². The minimum Gasteiger partial charge on any atom is -0.427 e. The highest BCUT2D eigenvalue weighted by Gasteiger charge is 2.03. The summed E-state index contributed by atoms with van der Waals surface area (Å²) in [6, 6.07) is 7.34. The molecule has 0 atom stereocenters. The third-order valence-corrected chi connectivity index (χ3v) is 2.06. The number of hydrogen-bond acceptors (Lipinski definition) is 2. The van der Waals surface area contributed by atoms with Gasteiger partial charge in [0.25, 0.3) is 0 Å². The fourth-order valence-electron chi connectivity index (χ4n) is 1.21. The number of esters is 1. The van der Waals surface area contributed by atoms with Crippen LogP contribution in [0.3, 0.4) is 0 Å². The van der Waals surface area contributed by atoms with Crippen LogP contribution < -0.4 is 4.74 Å². The molecule has 1 rings (SSSR count). The maximum absolute atomic E-state index is 11.3.